The van der Waals surface area contributed by atoms with Crippen LogP contribution in [0.4, 0.5) is 0 Å². The van der Waals surface area contributed by atoms with E-state index in [1.54, 1.807) is 0 Å². The molecule has 7 heteroatoms. The van der Waals surface area contributed by atoms with Crippen LogP contribution in [0.15, 0.2) is 4.99 Å². The maximum Gasteiger partial charge on any atom is 0.225 e. The maximum atomic E-state index is 12.8. The number of halogens is 1. The molecule has 0 aromatic carbocycles. The molecule has 0 aromatic heterocycles. The van der Waals surface area contributed by atoms with Crippen molar-refractivity contribution in [3.05, 3.63) is 0 Å². The first-order valence-electron chi connectivity index (χ1n) is 12.2. The number of nitrogens with zero attached hydrogens (tertiary/aromatic N) is 3. The van der Waals surface area contributed by atoms with E-state index in [1.165, 1.54) is 45.2 Å². The molecule has 1 atom stereocenters. The second kappa shape index (κ2) is 13.8. The highest BCUT2D eigenvalue weighted by Gasteiger charge is 2.31. The van der Waals surface area contributed by atoms with E-state index in [4.69, 9.17) is 4.99 Å². The molecule has 0 radical (unpaired) electrons. The number of aliphatic imine (C=N–C) groups is 1. The van der Waals surface area contributed by atoms with Crippen molar-refractivity contribution in [2.24, 2.45) is 16.8 Å². The largest absolute Gasteiger partial charge is 0.357 e. The summed E-state index contributed by atoms with van der Waals surface area (Å²) in [5.41, 5.74) is 0. The minimum atomic E-state index is 0. The summed E-state index contributed by atoms with van der Waals surface area (Å²) in [6.45, 7) is 11.6. The first kappa shape index (κ1) is 25.7. The number of piperidine rings is 1. The number of hydrogen-bond acceptors (Lipinski definition) is 3. The Hall–Kier alpha value is -0.570. The average Bonchev–Trinajstić information content (AvgIpc) is 3.21. The molecule has 0 spiro atoms. The van der Waals surface area contributed by atoms with Crippen LogP contribution >= 0.6 is 24.0 Å². The Kier molecular flexibility index (Phi) is 11.8. The van der Waals surface area contributed by atoms with Gasteiger partial charge in [0, 0.05) is 38.1 Å². The van der Waals surface area contributed by atoms with E-state index in [1.807, 2.05) is 0 Å². The highest BCUT2D eigenvalue weighted by atomic mass is 127. The van der Waals surface area contributed by atoms with Gasteiger partial charge in [-0.2, -0.15) is 0 Å². The molecular formula is C23H44IN5O. The zero-order chi connectivity index (χ0) is 20.5. The van der Waals surface area contributed by atoms with Gasteiger partial charge in [-0.1, -0.05) is 26.2 Å². The third-order valence-electron chi connectivity index (χ3n) is 6.92. The summed E-state index contributed by atoms with van der Waals surface area (Å²) >= 11 is 0. The molecule has 3 rings (SSSR count). The third-order valence-corrected chi connectivity index (χ3v) is 6.92. The van der Waals surface area contributed by atoms with Crippen LogP contribution in [0.25, 0.3) is 0 Å². The number of rotatable bonds is 7. The number of likely N-dealkylation sites (tertiary alicyclic amines) is 2. The third kappa shape index (κ3) is 8.17. The van der Waals surface area contributed by atoms with Gasteiger partial charge in [-0.15, -0.1) is 24.0 Å². The van der Waals surface area contributed by atoms with Gasteiger partial charge in [-0.25, -0.2) is 0 Å². The van der Waals surface area contributed by atoms with Gasteiger partial charge in [-0.05, 0) is 71.0 Å². The van der Waals surface area contributed by atoms with Crippen LogP contribution in [0, 0.1) is 11.8 Å². The van der Waals surface area contributed by atoms with E-state index in [0.29, 0.717) is 11.9 Å². The lowest BCUT2D eigenvalue weighted by Crippen LogP contribution is -2.45. The molecule has 2 heterocycles. The van der Waals surface area contributed by atoms with E-state index >= 15 is 0 Å². The van der Waals surface area contributed by atoms with Crippen molar-refractivity contribution in [2.45, 2.75) is 77.7 Å². The molecule has 6 nitrogen and oxygen atoms in total. The molecule has 0 bridgehead atoms. The Bertz CT molecular complexity index is 530. The highest BCUT2D eigenvalue weighted by Crippen LogP contribution is 2.26. The van der Waals surface area contributed by atoms with E-state index in [0.717, 1.165) is 70.3 Å². The number of carbonyl (C=O) groups is 1. The zero-order valence-electron chi connectivity index (χ0n) is 19.2. The van der Waals surface area contributed by atoms with Crippen LogP contribution in [0.5, 0.6) is 0 Å². The fourth-order valence-electron chi connectivity index (χ4n) is 4.97. The average molecular weight is 534 g/mol. The van der Waals surface area contributed by atoms with Gasteiger partial charge in [-0.3, -0.25) is 9.79 Å². The van der Waals surface area contributed by atoms with Crippen molar-refractivity contribution in [3.8, 4) is 0 Å². The van der Waals surface area contributed by atoms with Crippen LogP contribution in [0.3, 0.4) is 0 Å². The summed E-state index contributed by atoms with van der Waals surface area (Å²) in [5.74, 6) is 2.48. The highest BCUT2D eigenvalue weighted by molar-refractivity contribution is 14.0. The van der Waals surface area contributed by atoms with Crippen LogP contribution in [-0.4, -0.2) is 73.5 Å². The number of amides is 1. The lowest BCUT2D eigenvalue weighted by molar-refractivity contribution is -0.135. The van der Waals surface area contributed by atoms with E-state index in [-0.39, 0.29) is 29.9 Å². The standard InChI is InChI=1S/C23H43N5O.HI/c1-3-24-23(25-13-7-14-27-15-10-19(2)11-16-27)26-21-12-17-28(18-21)22(29)20-8-5-4-6-9-20;/h19-21H,3-18H2,1-2H3,(H2,24,25,26);1H. The first-order chi connectivity index (χ1) is 14.2. The molecule has 2 aliphatic heterocycles. The van der Waals surface area contributed by atoms with Crippen LogP contribution in [0.2, 0.25) is 0 Å². The van der Waals surface area contributed by atoms with Gasteiger partial charge in [0.15, 0.2) is 5.96 Å². The molecular weight excluding hydrogens is 489 g/mol. The Morgan fingerprint density at radius 1 is 1.03 bits per heavy atom. The van der Waals surface area contributed by atoms with Crippen LogP contribution < -0.4 is 10.6 Å². The van der Waals surface area contributed by atoms with E-state index in [9.17, 15) is 4.79 Å². The van der Waals surface area contributed by atoms with E-state index in [2.05, 4.69) is 34.3 Å². The van der Waals surface area contributed by atoms with Gasteiger partial charge in [0.2, 0.25) is 5.91 Å². The molecule has 1 aliphatic carbocycles. The number of guanidine groups is 1. The van der Waals surface area contributed by atoms with Gasteiger partial charge < -0.3 is 20.4 Å². The summed E-state index contributed by atoms with van der Waals surface area (Å²) in [5, 5.41) is 6.96. The van der Waals surface area contributed by atoms with Crippen molar-refractivity contribution in [3.63, 3.8) is 0 Å². The van der Waals surface area contributed by atoms with Gasteiger partial charge >= 0.3 is 0 Å². The van der Waals surface area contributed by atoms with Crippen molar-refractivity contribution < 1.29 is 4.79 Å². The first-order valence-corrected chi connectivity index (χ1v) is 12.2. The molecule has 3 fully saturated rings. The Balaban J connectivity index is 0.00000320. The fourth-order valence-corrected chi connectivity index (χ4v) is 4.97. The Morgan fingerprint density at radius 3 is 2.47 bits per heavy atom. The monoisotopic (exact) mass is 533 g/mol. The maximum absolute atomic E-state index is 12.8. The summed E-state index contributed by atoms with van der Waals surface area (Å²) in [7, 11) is 0. The molecule has 174 valence electrons. The van der Waals surface area contributed by atoms with Gasteiger partial charge in [0.25, 0.3) is 0 Å². The number of carbonyl (C=O) groups excluding carboxylic acids is 1. The molecule has 2 saturated heterocycles. The van der Waals surface area contributed by atoms with E-state index < -0.39 is 0 Å². The topological polar surface area (TPSA) is 60.0 Å². The molecule has 1 unspecified atom stereocenters. The molecule has 30 heavy (non-hydrogen) atoms. The summed E-state index contributed by atoms with van der Waals surface area (Å²) in [4.78, 5) is 22.3. The Morgan fingerprint density at radius 2 is 1.77 bits per heavy atom. The molecule has 2 N–H and O–H groups in total. The van der Waals surface area contributed by atoms with Crippen molar-refractivity contribution in [1.82, 2.24) is 20.4 Å². The molecule has 0 aromatic rings. The quantitative estimate of drug-likeness (QED) is 0.228. The summed E-state index contributed by atoms with van der Waals surface area (Å²) in [6.07, 6.45) is 10.7. The van der Waals surface area contributed by atoms with Crippen LogP contribution in [0.1, 0.15) is 71.6 Å². The summed E-state index contributed by atoms with van der Waals surface area (Å²) < 4.78 is 0. The van der Waals surface area contributed by atoms with Crippen molar-refractivity contribution in [2.75, 3.05) is 45.8 Å². The summed E-state index contributed by atoms with van der Waals surface area (Å²) in [6, 6.07) is 0.323. The second-order valence-electron chi connectivity index (χ2n) is 9.39. The molecule has 1 amide bonds. The number of hydrogen-bond donors (Lipinski definition) is 2. The van der Waals surface area contributed by atoms with Crippen molar-refractivity contribution in [1.29, 1.82) is 0 Å². The normalized spacial score (nSPS) is 24.5. The smallest absolute Gasteiger partial charge is 0.225 e. The molecule has 1 saturated carbocycles. The SMILES string of the molecule is CCNC(=NCCCN1CCC(C)CC1)NC1CCN(C(=O)C2CCCCC2)C1.I. The Labute approximate surface area is 201 Å². The number of nitrogens with one attached hydrogen (secondary N) is 2. The molecule has 3 aliphatic rings. The minimum Gasteiger partial charge on any atom is -0.357 e. The predicted octanol–water partition coefficient (Wildman–Crippen LogP) is 3.46. The second-order valence-corrected chi connectivity index (χ2v) is 9.39. The minimum absolute atomic E-state index is 0. The lowest BCUT2D eigenvalue weighted by Gasteiger charge is -2.29. The zero-order valence-corrected chi connectivity index (χ0v) is 21.5. The van der Waals surface area contributed by atoms with Gasteiger partial charge in [0.1, 0.15) is 0 Å². The predicted molar refractivity (Wildman–Crippen MR) is 136 cm³/mol. The lowest BCUT2D eigenvalue weighted by atomic mass is 9.88. The van der Waals surface area contributed by atoms with Gasteiger partial charge in [0.05, 0.1) is 0 Å². The fraction of sp³-hybridized carbons (Fsp3) is 0.913. The van der Waals surface area contributed by atoms with Crippen molar-refractivity contribution >= 4 is 35.8 Å². The van der Waals surface area contributed by atoms with Crippen LogP contribution in [-0.2, 0) is 4.79 Å².